The Labute approximate surface area is 101 Å². The van der Waals surface area contributed by atoms with Gasteiger partial charge in [0, 0.05) is 12.1 Å². The molecule has 8 heteroatoms. The highest BCUT2D eigenvalue weighted by Gasteiger charge is 2.19. The smallest absolute Gasteiger partial charge is 0.340 e. The van der Waals surface area contributed by atoms with Gasteiger partial charge in [0.25, 0.3) is 5.69 Å². The van der Waals surface area contributed by atoms with Crippen LogP contribution < -0.4 is 0 Å². The topological polar surface area (TPSA) is 100 Å². The Kier molecular flexibility index (Phi) is 3.00. The highest BCUT2D eigenvalue weighted by atomic mass is 16.6. The lowest BCUT2D eigenvalue weighted by Gasteiger charge is -2.06. The van der Waals surface area contributed by atoms with Gasteiger partial charge in [0.2, 0.25) is 0 Å². The Morgan fingerprint density at radius 2 is 2.06 bits per heavy atom. The van der Waals surface area contributed by atoms with Crippen molar-refractivity contribution in [2.75, 3.05) is 7.11 Å². The van der Waals surface area contributed by atoms with Crippen LogP contribution in [-0.4, -0.2) is 33.0 Å². The van der Waals surface area contributed by atoms with Gasteiger partial charge in [-0.15, -0.1) is 0 Å². The van der Waals surface area contributed by atoms with Crippen LogP contribution >= 0.6 is 0 Å². The first-order valence-corrected chi connectivity index (χ1v) is 4.87. The molecule has 0 fully saturated rings. The van der Waals surface area contributed by atoms with Crippen molar-refractivity contribution >= 4 is 11.7 Å². The minimum absolute atomic E-state index is 0.0305. The quantitative estimate of drug-likeness (QED) is 0.455. The molecule has 1 heterocycles. The van der Waals surface area contributed by atoms with Crippen LogP contribution in [0.1, 0.15) is 10.4 Å². The molecule has 0 aliphatic heterocycles. The average molecular weight is 248 g/mol. The lowest BCUT2D eigenvalue weighted by atomic mass is 10.1. The summed E-state index contributed by atoms with van der Waals surface area (Å²) < 4.78 is 4.58. The van der Waals surface area contributed by atoms with Crippen molar-refractivity contribution in [3.63, 3.8) is 0 Å². The standard InChI is InChI=1S/C10H8N4O4/c1-18-10(15)8-6-7(14(16)17)2-3-9(8)13-11-4-5-12-13/h2-6H,1H3. The lowest BCUT2D eigenvalue weighted by molar-refractivity contribution is -0.384. The molecule has 0 spiro atoms. The Morgan fingerprint density at radius 1 is 1.39 bits per heavy atom. The van der Waals surface area contributed by atoms with Gasteiger partial charge in [0.1, 0.15) is 5.69 Å². The molecule has 0 bridgehead atoms. The first-order valence-electron chi connectivity index (χ1n) is 4.87. The van der Waals surface area contributed by atoms with Gasteiger partial charge in [0.15, 0.2) is 0 Å². The van der Waals surface area contributed by atoms with Crippen molar-refractivity contribution in [1.29, 1.82) is 0 Å². The summed E-state index contributed by atoms with van der Waals surface area (Å²) in [6.45, 7) is 0. The van der Waals surface area contributed by atoms with Gasteiger partial charge in [0.05, 0.1) is 30.0 Å². The maximum atomic E-state index is 11.6. The van der Waals surface area contributed by atoms with Crippen LogP contribution in [0, 0.1) is 10.1 Å². The first kappa shape index (κ1) is 11.7. The van der Waals surface area contributed by atoms with E-state index in [0.29, 0.717) is 5.69 Å². The summed E-state index contributed by atoms with van der Waals surface area (Å²) in [5.41, 5.74) is 0.145. The van der Waals surface area contributed by atoms with Crippen molar-refractivity contribution < 1.29 is 14.5 Å². The summed E-state index contributed by atoms with van der Waals surface area (Å²) >= 11 is 0. The summed E-state index contributed by atoms with van der Waals surface area (Å²) in [4.78, 5) is 22.9. The fraction of sp³-hybridized carbons (Fsp3) is 0.100. The minimum Gasteiger partial charge on any atom is -0.465 e. The van der Waals surface area contributed by atoms with Gasteiger partial charge in [-0.05, 0) is 6.07 Å². The van der Waals surface area contributed by atoms with Crippen molar-refractivity contribution in [2.45, 2.75) is 0 Å². The molecule has 0 unspecified atom stereocenters. The molecule has 0 saturated carbocycles. The highest BCUT2D eigenvalue weighted by Crippen LogP contribution is 2.20. The molecular weight excluding hydrogens is 240 g/mol. The van der Waals surface area contributed by atoms with E-state index in [2.05, 4.69) is 14.9 Å². The second-order valence-corrected chi connectivity index (χ2v) is 3.27. The fourth-order valence-electron chi connectivity index (χ4n) is 1.43. The van der Waals surface area contributed by atoms with Crippen LogP contribution in [0.25, 0.3) is 5.69 Å². The zero-order chi connectivity index (χ0) is 13.1. The first-order chi connectivity index (χ1) is 8.63. The Hall–Kier alpha value is -2.77. The number of ether oxygens (including phenoxy) is 1. The number of non-ortho nitro benzene ring substituents is 1. The number of nitrogens with zero attached hydrogens (tertiary/aromatic N) is 4. The van der Waals surface area contributed by atoms with E-state index in [1.165, 1.54) is 36.4 Å². The molecule has 0 aliphatic rings. The average Bonchev–Trinajstić information content (AvgIpc) is 2.90. The maximum Gasteiger partial charge on any atom is 0.340 e. The third-order valence-electron chi connectivity index (χ3n) is 2.23. The second-order valence-electron chi connectivity index (χ2n) is 3.27. The third-order valence-corrected chi connectivity index (χ3v) is 2.23. The molecule has 1 aromatic heterocycles. The molecule has 0 radical (unpaired) electrons. The number of carbonyl (C=O) groups excluding carboxylic acids is 1. The molecular formula is C10H8N4O4. The Bertz CT molecular complexity index is 594. The van der Waals surface area contributed by atoms with Crippen LogP contribution in [0.3, 0.4) is 0 Å². The van der Waals surface area contributed by atoms with E-state index in [4.69, 9.17) is 0 Å². The molecule has 1 aromatic carbocycles. The van der Waals surface area contributed by atoms with Gasteiger partial charge < -0.3 is 4.74 Å². The van der Waals surface area contributed by atoms with Gasteiger partial charge >= 0.3 is 5.97 Å². The number of nitro benzene ring substituents is 1. The number of carbonyl (C=O) groups is 1. The van der Waals surface area contributed by atoms with Crippen molar-refractivity contribution in [1.82, 2.24) is 15.0 Å². The SMILES string of the molecule is COC(=O)c1cc([N+](=O)[O-])ccc1-n1nccn1. The lowest BCUT2D eigenvalue weighted by Crippen LogP contribution is -2.10. The molecule has 8 nitrogen and oxygen atoms in total. The van der Waals surface area contributed by atoms with Crippen LogP contribution in [-0.2, 0) is 4.74 Å². The maximum absolute atomic E-state index is 11.6. The zero-order valence-corrected chi connectivity index (χ0v) is 9.31. The molecule has 0 N–H and O–H groups in total. The molecule has 2 aromatic rings. The van der Waals surface area contributed by atoms with E-state index < -0.39 is 10.9 Å². The summed E-state index contributed by atoms with van der Waals surface area (Å²) in [5.74, 6) is -0.689. The monoisotopic (exact) mass is 248 g/mol. The third kappa shape index (κ3) is 2.03. The van der Waals surface area contributed by atoms with Crippen molar-refractivity contribution in [3.8, 4) is 5.69 Å². The molecule has 18 heavy (non-hydrogen) atoms. The van der Waals surface area contributed by atoms with E-state index in [9.17, 15) is 14.9 Å². The van der Waals surface area contributed by atoms with Crippen LogP contribution in [0.2, 0.25) is 0 Å². The predicted molar refractivity (Wildman–Crippen MR) is 59.4 cm³/mol. The number of rotatable bonds is 3. The van der Waals surface area contributed by atoms with Crippen LogP contribution in [0.5, 0.6) is 0 Å². The second kappa shape index (κ2) is 4.62. The fourth-order valence-corrected chi connectivity index (χ4v) is 1.43. The number of nitro groups is 1. The molecule has 0 amide bonds. The van der Waals surface area contributed by atoms with Gasteiger partial charge in [-0.3, -0.25) is 10.1 Å². The van der Waals surface area contributed by atoms with Gasteiger partial charge in [-0.1, -0.05) is 0 Å². The summed E-state index contributed by atoms with van der Waals surface area (Å²) in [5, 5.41) is 18.4. The van der Waals surface area contributed by atoms with E-state index >= 15 is 0 Å². The van der Waals surface area contributed by atoms with E-state index in [0.717, 1.165) is 6.07 Å². The van der Waals surface area contributed by atoms with E-state index in [1.54, 1.807) is 0 Å². The predicted octanol–water partition coefficient (Wildman–Crippen LogP) is 0.962. The number of hydrogen-bond donors (Lipinski definition) is 0. The van der Waals surface area contributed by atoms with Crippen molar-refractivity contribution in [2.24, 2.45) is 0 Å². The van der Waals surface area contributed by atoms with Crippen molar-refractivity contribution in [3.05, 3.63) is 46.3 Å². The van der Waals surface area contributed by atoms with Crippen LogP contribution in [0.15, 0.2) is 30.6 Å². The van der Waals surface area contributed by atoms with E-state index in [1.807, 2.05) is 0 Å². The zero-order valence-electron chi connectivity index (χ0n) is 9.31. The number of esters is 1. The number of benzene rings is 1. The van der Waals surface area contributed by atoms with Gasteiger partial charge in [-0.2, -0.15) is 15.0 Å². The highest BCUT2D eigenvalue weighted by molar-refractivity contribution is 5.94. The minimum atomic E-state index is -0.689. The summed E-state index contributed by atoms with van der Waals surface area (Å²) in [7, 11) is 1.20. The summed E-state index contributed by atoms with van der Waals surface area (Å²) in [6, 6.07) is 3.79. The Morgan fingerprint density at radius 3 is 2.61 bits per heavy atom. The molecule has 0 aliphatic carbocycles. The van der Waals surface area contributed by atoms with Crippen LogP contribution in [0.4, 0.5) is 5.69 Å². The molecule has 2 rings (SSSR count). The molecule has 0 saturated heterocycles. The normalized spacial score (nSPS) is 10.1. The molecule has 0 atom stereocenters. The number of hydrogen-bond acceptors (Lipinski definition) is 6. The molecule has 92 valence electrons. The number of aromatic nitrogens is 3. The Balaban J connectivity index is 2.59. The van der Waals surface area contributed by atoms with E-state index in [-0.39, 0.29) is 11.3 Å². The van der Waals surface area contributed by atoms with Gasteiger partial charge in [-0.25, -0.2) is 4.79 Å². The largest absolute Gasteiger partial charge is 0.465 e. The number of methoxy groups -OCH3 is 1. The summed E-state index contributed by atoms with van der Waals surface area (Å²) in [6.07, 6.45) is 2.87.